The van der Waals surface area contributed by atoms with E-state index in [1.54, 1.807) is 6.92 Å². The van der Waals surface area contributed by atoms with E-state index >= 15 is 0 Å². The van der Waals surface area contributed by atoms with Gasteiger partial charge < -0.3 is 10.4 Å². The molecule has 2 aromatic rings. The standard InChI is InChI=1S/C17H21NO2/c1-12(10-13(2)19)18-17(20)11-15-8-5-7-14-6-3-4-9-16(14)15/h3-9,12-13,19H,10-11H2,1-2H3,(H,18,20). The molecule has 1 amide bonds. The molecule has 0 aliphatic rings. The van der Waals surface area contributed by atoms with Crippen molar-refractivity contribution in [2.75, 3.05) is 0 Å². The molecule has 0 aromatic heterocycles. The molecule has 0 bridgehead atoms. The zero-order valence-electron chi connectivity index (χ0n) is 12.0. The number of amides is 1. The maximum Gasteiger partial charge on any atom is 0.224 e. The fraction of sp³-hybridized carbons (Fsp3) is 0.353. The summed E-state index contributed by atoms with van der Waals surface area (Å²) in [6, 6.07) is 14.1. The molecule has 0 radical (unpaired) electrons. The van der Waals surface area contributed by atoms with Gasteiger partial charge in [-0.05, 0) is 36.6 Å². The largest absolute Gasteiger partial charge is 0.393 e. The van der Waals surface area contributed by atoms with E-state index in [2.05, 4.69) is 5.32 Å². The lowest BCUT2D eigenvalue weighted by Gasteiger charge is -2.15. The number of benzene rings is 2. The summed E-state index contributed by atoms with van der Waals surface area (Å²) in [5.41, 5.74) is 1.03. The number of hydrogen-bond donors (Lipinski definition) is 2. The van der Waals surface area contributed by atoms with Crippen LogP contribution in [0.1, 0.15) is 25.8 Å². The molecule has 0 spiro atoms. The third-order valence-corrected chi connectivity index (χ3v) is 3.33. The Bertz CT molecular complexity index is 587. The summed E-state index contributed by atoms with van der Waals surface area (Å²) in [6.07, 6.45) is 0.537. The maximum absolute atomic E-state index is 12.1. The van der Waals surface area contributed by atoms with Crippen molar-refractivity contribution in [2.24, 2.45) is 0 Å². The van der Waals surface area contributed by atoms with Gasteiger partial charge >= 0.3 is 0 Å². The van der Waals surface area contributed by atoms with Gasteiger partial charge in [0.2, 0.25) is 5.91 Å². The zero-order valence-corrected chi connectivity index (χ0v) is 12.0. The minimum Gasteiger partial charge on any atom is -0.393 e. The lowest BCUT2D eigenvalue weighted by molar-refractivity contribution is -0.121. The Labute approximate surface area is 119 Å². The third kappa shape index (κ3) is 3.81. The predicted molar refractivity (Wildman–Crippen MR) is 81.6 cm³/mol. The minimum atomic E-state index is -0.400. The van der Waals surface area contributed by atoms with Crippen LogP contribution in [0.5, 0.6) is 0 Å². The molecule has 0 heterocycles. The zero-order chi connectivity index (χ0) is 14.5. The lowest BCUT2D eigenvalue weighted by atomic mass is 10.0. The summed E-state index contributed by atoms with van der Waals surface area (Å²) in [6.45, 7) is 3.64. The first-order valence-corrected chi connectivity index (χ1v) is 7.00. The van der Waals surface area contributed by atoms with E-state index in [9.17, 15) is 9.90 Å². The lowest BCUT2D eigenvalue weighted by Crippen LogP contribution is -2.35. The number of rotatable bonds is 5. The Balaban J connectivity index is 2.06. The fourth-order valence-electron chi connectivity index (χ4n) is 2.52. The topological polar surface area (TPSA) is 49.3 Å². The Morgan fingerprint density at radius 1 is 1.15 bits per heavy atom. The number of carbonyl (C=O) groups excluding carboxylic acids is 1. The van der Waals surface area contributed by atoms with Gasteiger partial charge in [-0.25, -0.2) is 0 Å². The number of nitrogens with one attached hydrogen (secondary N) is 1. The summed E-state index contributed by atoms with van der Waals surface area (Å²) < 4.78 is 0. The Morgan fingerprint density at radius 3 is 2.60 bits per heavy atom. The van der Waals surface area contributed by atoms with Gasteiger partial charge in [-0.15, -0.1) is 0 Å². The van der Waals surface area contributed by atoms with E-state index in [1.807, 2.05) is 49.4 Å². The molecular formula is C17H21NO2. The molecule has 106 valence electrons. The second-order valence-corrected chi connectivity index (χ2v) is 5.37. The Hall–Kier alpha value is -1.87. The summed E-state index contributed by atoms with van der Waals surface area (Å²) in [4.78, 5) is 12.1. The van der Waals surface area contributed by atoms with E-state index in [-0.39, 0.29) is 11.9 Å². The third-order valence-electron chi connectivity index (χ3n) is 3.33. The van der Waals surface area contributed by atoms with Gasteiger partial charge in [0.05, 0.1) is 12.5 Å². The van der Waals surface area contributed by atoms with E-state index < -0.39 is 6.10 Å². The van der Waals surface area contributed by atoms with Gasteiger partial charge in [0.1, 0.15) is 0 Å². The van der Waals surface area contributed by atoms with Crippen molar-refractivity contribution < 1.29 is 9.90 Å². The number of aliphatic hydroxyl groups is 1. The summed E-state index contributed by atoms with van der Waals surface area (Å²) in [7, 11) is 0. The second kappa shape index (κ2) is 6.53. The van der Waals surface area contributed by atoms with Gasteiger partial charge in [0.15, 0.2) is 0 Å². The van der Waals surface area contributed by atoms with E-state index in [4.69, 9.17) is 0 Å². The highest BCUT2D eigenvalue weighted by molar-refractivity contribution is 5.90. The van der Waals surface area contributed by atoms with Crippen molar-refractivity contribution in [3.8, 4) is 0 Å². The molecule has 2 N–H and O–H groups in total. The van der Waals surface area contributed by atoms with Crippen LogP contribution in [0, 0.1) is 0 Å². The predicted octanol–water partition coefficient (Wildman–Crippen LogP) is 2.66. The van der Waals surface area contributed by atoms with Crippen molar-refractivity contribution in [1.82, 2.24) is 5.32 Å². The fourth-order valence-corrected chi connectivity index (χ4v) is 2.52. The van der Waals surface area contributed by atoms with Crippen molar-refractivity contribution in [3.05, 3.63) is 48.0 Å². The summed E-state index contributed by atoms with van der Waals surface area (Å²) in [5, 5.41) is 14.5. The molecule has 0 aliphatic heterocycles. The smallest absolute Gasteiger partial charge is 0.224 e. The van der Waals surface area contributed by atoms with Crippen molar-refractivity contribution in [1.29, 1.82) is 0 Å². The molecule has 0 saturated carbocycles. The van der Waals surface area contributed by atoms with Crippen LogP contribution in [0.25, 0.3) is 10.8 Å². The van der Waals surface area contributed by atoms with Gasteiger partial charge in [-0.1, -0.05) is 42.5 Å². The van der Waals surface area contributed by atoms with Crippen LogP contribution in [-0.2, 0) is 11.2 Å². The van der Waals surface area contributed by atoms with Crippen molar-refractivity contribution >= 4 is 16.7 Å². The monoisotopic (exact) mass is 271 g/mol. The molecule has 0 fully saturated rings. The van der Waals surface area contributed by atoms with Crippen molar-refractivity contribution in [3.63, 3.8) is 0 Å². The Morgan fingerprint density at radius 2 is 1.85 bits per heavy atom. The minimum absolute atomic E-state index is 0.00509. The number of hydrogen-bond acceptors (Lipinski definition) is 2. The van der Waals surface area contributed by atoms with Crippen LogP contribution in [0.4, 0.5) is 0 Å². The van der Waals surface area contributed by atoms with Crippen LogP contribution in [-0.4, -0.2) is 23.2 Å². The van der Waals surface area contributed by atoms with E-state index in [0.29, 0.717) is 12.8 Å². The number of carbonyl (C=O) groups is 1. The summed E-state index contributed by atoms with van der Waals surface area (Å²) in [5.74, 6) is -0.00509. The molecule has 3 heteroatoms. The van der Waals surface area contributed by atoms with Gasteiger partial charge in [0.25, 0.3) is 0 Å². The van der Waals surface area contributed by atoms with Gasteiger partial charge in [-0.3, -0.25) is 4.79 Å². The highest BCUT2D eigenvalue weighted by Crippen LogP contribution is 2.18. The highest BCUT2D eigenvalue weighted by atomic mass is 16.3. The van der Waals surface area contributed by atoms with Crippen molar-refractivity contribution in [2.45, 2.75) is 38.8 Å². The SMILES string of the molecule is CC(O)CC(C)NC(=O)Cc1cccc2ccccc12. The first-order valence-electron chi connectivity index (χ1n) is 7.00. The van der Waals surface area contributed by atoms with Gasteiger partial charge in [-0.2, -0.15) is 0 Å². The van der Waals surface area contributed by atoms with E-state index in [0.717, 1.165) is 16.3 Å². The number of fused-ring (bicyclic) bond motifs is 1. The molecule has 2 rings (SSSR count). The number of aliphatic hydroxyl groups excluding tert-OH is 1. The average Bonchev–Trinajstić information content (AvgIpc) is 2.38. The molecule has 2 aromatic carbocycles. The first-order chi connectivity index (χ1) is 9.56. The summed E-state index contributed by atoms with van der Waals surface area (Å²) >= 11 is 0. The molecule has 20 heavy (non-hydrogen) atoms. The molecule has 2 unspecified atom stereocenters. The maximum atomic E-state index is 12.1. The second-order valence-electron chi connectivity index (χ2n) is 5.37. The van der Waals surface area contributed by atoms with Gasteiger partial charge in [0, 0.05) is 6.04 Å². The van der Waals surface area contributed by atoms with Crippen LogP contribution in [0.15, 0.2) is 42.5 Å². The first kappa shape index (κ1) is 14.5. The normalized spacial score (nSPS) is 13.9. The molecule has 2 atom stereocenters. The van der Waals surface area contributed by atoms with Crippen LogP contribution >= 0.6 is 0 Å². The average molecular weight is 271 g/mol. The molecule has 0 saturated heterocycles. The Kier molecular flexibility index (Phi) is 4.74. The highest BCUT2D eigenvalue weighted by Gasteiger charge is 2.11. The van der Waals surface area contributed by atoms with Crippen LogP contribution < -0.4 is 5.32 Å². The van der Waals surface area contributed by atoms with Crippen LogP contribution in [0.2, 0.25) is 0 Å². The molecule has 3 nitrogen and oxygen atoms in total. The molecular weight excluding hydrogens is 250 g/mol. The van der Waals surface area contributed by atoms with E-state index in [1.165, 1.54) is 0 Å². The quantitative estimate of drug-likeness (QED) is 0.878. The molecule has 0 aliphatic carbocycles. The van der Waals surface area contributed by atoms with Crippen LogP contribution in [0.3, 0.4) is 0 Å².